The Hall–Kier alpha value is -1.84. The van der Waals surface area contributed by atoms with Crippen LogP contribution in [0, 0.1) is 12.7 Å². The highest BCUT2D eigenvalue weighted by Gasteiger charge is 2.19. The van der Waals surface area contributed by atoms with E-state index in [9.17, 15) is 4.39 Å². The lowest BCUT2D eigenvalue weighted by Gasteiger charge is -2.20. The molecule has 1 aliphatic carbocycles. The van der Waals surface area contributed by atoms with Crippen molar-refractivity contribution in [1.29, 1.82) is 0 Å². The number of hydrogen-bond acceptors (Lipinski definition) is 2. The highest BCUT2D eigenvalue weighted by Crippen LogP contribution is 2.26. The van der Waals surface area contributed by atoms with Crippen molar-refractivity contribution in [3.05, 3.63) is 47.5 Å². The van der Waals surface area contributed by atoms with Gasteiger partial charge in [-0.3, -0.25) is 0 Å². The van der Waals surface area contributed by atoms with E-state index in [2.05, 4.69) is 28.0 Å². The van der Waals surface area contributed by atoms with Crippen LogP contribution in [-0.2, 0) is 0 Å². The summed E-state index contributed by atoms with van der Waals surface area (Å²) in [5.41, 5.74) is 2.09. The van der Waals surface area contributed by atoms with Gasteiger partial charge < -0.3 is 9.88 Å². The van der Waals surface area contributed by atoms with Crippen LogP contribution in [0.3, 0.4) is 0 Å². The van der Waals surface area contributed by atoms with Gasteiger partial charge in [-0.2, -0.15) is 0 Å². The predicted octanol–water partition coefficient (Wildman–Crippen LogP) is 4.29. The van der Waals surface area contributed by atoms with E-state index in [0.717, 1.165) is 17.2 Å². The van der Waals surface area contributed by atoms with Crippen molar-refractivity contribution in [3.63, 3.8) is 0 Å². The highest BCUT2D eigenvalue weighted by molar-refractivity contribution is 5.34. The van der Waals surface area contributed by atoms with E-state index in [4.69, 9.17) is 0 Å². The zero-order valence-corrected chi connectivity index (χ0v) is 12.6. The standard InChI is InChI=1S/C17H22FN3/c1-12-11-21(13(2)14-7-9-15(18)10-8-14)17(19-12)20-16-5-3-4-6-16/h7-11,13,16H,3-6H2,1-2H3,(H,19,20). The number of imidazole rings is 1. The van der Waals surface area contributed by atoms with Crippen LogP contribution in [0.5, 0.6) is 0 Å². The normalized spacial score (nSPS) is 17.1. The summed E-state index contributed by atoms with van der Waals surface area (Å²) in [5.74, 6) is 0.730. The Kier molecular flexibility index (Phi) is 3.95. The molecule has 0 spiro atoms. The Bertz CT molecular complexity index is 597. The molecule has 0 bridgehead atoms. The minimum absolute atomic E-state index is 0.135. The van der Waals surface area contributed by atoms with Crippen LogP contribution in [0.1, 0.15) is 49.9 Å². The molecule has 1 aromatic carbocycles. The van der Waals surface area contributed by atoms with Gasteiger partial charge in [-0.05, 0) is 44.4 Å². The van der Waals surface area contributed by atoms with Gasteiger partial charge in [0.15, 0.2) is 0 Å². The Balaban J connectivity index is 1.84. The average Bonchev–Trinajstić information content (AvgIpc) is 3.09. The fraction of sp³-hybridized carbons (Fsp3) is 0.471. The van der Waals surface area contributed by atoms with Gasteiger partial charge >= 0.3 is 0 Å². The van der Waals surface area contributed by atoms with E-state index >= 15 is 0 Å². The van der Waals surface area contributed by atoms with Gasteiger partial charge in [0.1, 0.15) is 5.82 Å². The molecule has 0 saturated heterocycles. The van der Waals surface area contributed by atoms with Crippen molar-refractivity contribution in [2.75, 3.05) is 5.32 Å². The number of benzene rings is 1. The number of rotatable bonds is 4. The molecule has 112 valence electrons. The van der Waals surface area contributed by atoms with Gasteiger partial charge in [0.05, 0.1) is 11.7 Å². The van der Waals surface area contributed by atoms with Crippen LogP contribution in [-0.4, -0.2) is 15.6 Å². The molecule has 1 aliphatic rings. The summed E-state index contributed by atoms with van der Waals surface area (Å²) in [5, 5.41) is 3.57. The number of nitrogens with zero attached hydrogens (tertiary/aromatic N) is 2. The minimum atomic E-state index is -0.197. The van der Waals surface area contributed by atoms with Crippen molar-refractivity contribution < 1.29 is 4.39 Å². The number of aryl methyl sites for hydroxylation is 1. The summed E-state index contributed by atoms with van der Waals surface area (Å²) in [7, 11) is 0. The molecule has 1 unspecified atom stereocenters. The average molecular weight is 287 g/mol. The van der Waals surface area contributed by atoms with Crippen molar-refractivity contribution >= 4 is 5.95 Å². The molecule has 1 N–H and O–H groups in total. The zero-order valence-electron chi connectivity index (χ0n) is 12.6. The molecule has 1 saturated carbocycles. The third-order valence-electron chi connectivity index (χ3n) is 4.31. The molecule has 21 heavy (non-hydrogen) atoms. The summed E-state index contributed by atoms with van der Waals surface area (Å²) >= 11 is 0. The molecule has 2 aromatic rings. The Morgan fingerprint density at radius 1 is 1.24 bits per heavy atom. The molecule has 0 aliphatic heterocycles. The summed E-state index contributed by atoms with van der Waals surface area (Å²) in [4.78, 5) is 4.62. The van der Waals surface area contributed by atoms with Crippen LogP contribution in [0.25, 0.3) is 0 Å². The molecule has 3 rings (SSSR count). The topological polar surface area (TPSA) is 29.9 Å². The van der Waals surface area contributed by atoms with Crippen LogP contribution in [0.4, 0.5) is 10.3 Å². The van der Waals surface area contributed by atoms with Crippen molar-refractivity contribution in [1.82, 2.24) is 9.55 Å². The molecule has 1 heterocycles. The van der Waals surface area contributed by atoms with Crippen LogP contribution in [0.15, 0.2) is 30.5 Å². The monoisotopic (exact) mass is 287 g/mol. The van der Waals surface area contributed by atoms with E-state index in [1.54, 1.807) is 0 Å². The van der Waals surface area contributed by atoms with E-state index in [1.807, 2.05) is 19.1 Å². The summed E-state index contributed by atoms with van der Waals surface area (Å²) in [6, 6.07) is 7.38. The maximum absolute atomic E-state index is 13.1. The number of anilines is 1. The van der Waals surface area contributed by atoms with E-state index in [-0.39, 0.29) is 11.9 Å². The molecule has 3 nitrogen and oxygen atoms in total. The fourth-order valence-corrected chi connectivity index (χ4v) is 3.07. The van der Waals surface area contributed by atoms with Crippen LogP contribution in [0.2, 0.25) is 0 Å². The Labute approximate surface area is 125 Å². The summed E-state index contributed by atoms with van der Waals surface area (Å²) < 4.78 is 15.2. The number of nitrogens with one attached hydrogen (secondary N) is 1. The van der Waals surface area contributed by atoms with Crippen molar-refractivity contribution in [3.8, 4) is 0 Å². The van der Waals surface area contributed by atoms with Gasteiger partial charge in [-0.1, -0.05) is 25.0 Å². The van der Waals surface area contributed by atoms with E-state index < -0.39 is 0 Å². The quantitative estimate of drug-likeness (QED) is 0.909. The lowest BCUT2D eigenvalue weighted by molar-refractivity contribution is 0.613. The van der Waals surface area contributed by atoms with Gasteiger partial charge in [0.25, 0.3) is 0 Å². The zero-order chi connectivity index (χ0) is 14.8. The summed E-state index contributed by atoms with van der Waals surface area (Å²) in [6.07, 6.45) is 7.09. The Morgan fingerprint density at radius 2 is 1.90 bits per heavy atom. The Morgan fingerprint density at radius 3 is 2.57 bits per heavy atom. The largest absolute Gasteiger partial charge is 0.353 e. The number of hydrogen-bond donors (Lipinski definition) is 1. The smallest absolute Gasteiger partial charge is 0.203 e. The molecular formula is C17H22FN3. The SMILES string of the molecule is Cc1cn(C(C)c2ccc(F)cc2)c(NC2CCCC2)n1. The van der Waals surface area contributed by atoms with Gasteiger partial charge in [-0.25, -0.2) is 9.37 Å². The third-order valence-corrected chi connectivity index (χ3v) is 4.31. The number of halogens is 1. The highest BCUT2D eigenvalue weighted by atomic mass is 19.1. The minimum Gasteiger partial charge on any atom is -0.353 e. The first-order chi connectivity index (χ1) is 10.1. The molecule has 1 aromatic heterocycles. The first-order valence-corrected chi connectivity index (χ1v) is 7.71. The molecular weight excluding hydrogens is 265 g/mol. The van der Waals surface area contributed by atoms with Crippen molar-refractivity contribution in [2.24, 2.45) is 0 Å². The molecule has 1 atom stereocenters. The third kappa shape index (κ3) is 3.09. The molecule has 0 radical (unpaired) electrons. The first kappa shape index (κ1) is 14.1. The lowest BCUT2D eigenvalue weighted by Crippen LogP contribution is -2.19. The van der Waals surface area contributed by atoms with E-state index in [1.165, 1.54) is 37.8 Å². The second-order valence-corrected chi connectivity index (χ2v) is 5.97. The fourth-order valence-electron chi connectivity index (χ4n) is 3.07. The maximum atomic E-state index is 13.1. The van der Waals surface area contributed by atoms with Gasteiger partial charge in [0, 0.05) is 12.2 Å². The van der Waals surface area contributed by atoms with E-state index in [0.29, 0.717) is 6.04 Å². The first-order valence-electron chi connectivity index (χ1n) is 7.71. The van der Waals surface area contributed by atoms with Crippen LogP contribution < -0.4 is 5.32 Å². The molecule has 0 amide bonds. The van der Waals surface area contributed by atoms with Gasteiger partial charge in [-0.15, -0.1) is 0 Å². The second kappa shape index (κ2) is 5.88. The van der Waals surface area contributed by atoms with Crippen molar-refractivity contribution in [2.45, 2.75) is 51.6 Å². The second-order valence-electron chi connectivity index (χ2n) is 5.97. The molecule has 4 heteroatoms. The van der Waals surface area contributed by atoms with Crippen LogP contribution >= 0.6 is 0 Å². The summed E-state index contributed by atoms with van der Waals surface area (Å²) in [6.45, 7) is 4.13. The maximum Gasteiger partial charge on any atom is 0.203 e. The molecule has 1 fully saturated rings. The number of aromatic nitrogens is 2. The van der Waals surface area contributed by atoms with Gasteiger partial charge in [0.2, 0.25) is 5.95 Å². The lowest BCUT2D eigenvalue weighted by atomic mass is 10.1. The predicted molar refractivity (Wildman–Crippen MR) is 83.1 cm³/mol.